The third-order valence-electron chi connectivity index (χ3n) is 2.52. The van der Waals surface area contributed by atoms with E-state index in [0.717, 1.165) is 18.7 Å². The third kappa shape index (κ3) is 4.01. The minimum Gasteiger partial charge on any atom is -0.379 e. The van der Waals surface area contributed by atoms with Gasteiger partial charge < -0.3 is 10.1 Å². The van der Waals surface area contributed by atoms with E-state index < -0.39 is 0 Å². The Balaban J connectivity index is 2.78. The zero-order valence-corrected chi connectivity index (χ0v) is 12.2. The fourth-order valence-corrected chi connectivity index (χ4v) is 2.54. The fraction of sp³-hybridized carbons (Fsp3) is 0.833. The first-order valence-electron chi connectivity index (χ1n) is 6.08. The molecule has 0 aliphatic heterocycles. The van der Waals surface area contributed by atoms with Crippen molar-refractivity contribution >= 4 is 11.5 Å². The lowest BCUT2D eigenvalue weighted by atomic mass is 9.90. The Labute approximate surface area is 108 Å². The van der Waals surface area contributed by atoms with Gasteiger partial charge in [-0.3, -0.25) is 0 Å². The fourth-order valence-electron chi connectivity index (χ4n) is 1.58. The van der Waals surface area contributed by atoms with Crippen LogP contribution >= 0.6 is 11.5 Å². The SMILES string of the molecule is CCCOCC(NC)c1snnc1C(C)(C)C. The van der Waals surface area contributed by atoms with Crippen LogP contribution in [0.2, 0.25) is 0 Å². The summed E-state index contributed by atoms with van der Waals surface area (Å²) in [6.45, 7) is 10.1. The molecule has 1 N–H and O–H groups in total. The van der Waals surface area contributed by atoms with Gasteiger partial charge in [-0.05, 0) is 25.0 Å². The minimum absolute atomic E-state index is 0.0300. The summed E-state index contributed by atoms with van der Waals surface area (Å²) in [5, 5.41) is 7.54. The first-order valence-corrected chi connectivity index (χ1v) is 6.85. The number of nitrogens with one attached hydrogen (secondary N) is 1. The molecule has 1 aromatic rings. The normalized spacial score (nSPS) is 13.9. The quantitative estimate of drug-likeness (QED) is 0.796. The standard InChI is InChI=1S/C12H23N3OS/c1-6-7-16-8-9(13-5)10-11(12(2,3)4)14-15-17-10/h9,13H,6-8H2,1-5H3. The van der Waals surface area contributed by atoms with Gasteiger partial charge in [0.25, 0.3) is 0 Å². The number of hydrogen-bond donors (Lipinski definition) is 1. The Kier molecular flexibility index (Phi) is 5.49. The molecule has 17 heavy (non-hydrogen) atoms. The van der Waals surface area contributed by atoms with E-state index in [1.54, 1.807) is 0 Å². The molecule has 5 heteroatoms. The topological polar surface area (TPSA) is 47.0 Å². The molecule has 0 spiro atoms. The molecule has 4 nitrogen and oxygen atoms in total. The summed E-state index contributed by atoms with van der Waals surface area (Å²) in [5.41, 5.74) is 1.10. The second kappa shape index (κ2) is 6.42. The first-order chi connectivity index (χ1) is 8.00. The van der Waals surface area contributed by atoms with Gasteiger partial charge >= 0.3 is 0 Å². The number of rotatable bonds is 6. The van der Waals surface area contributed by atoms with E-state index in [1.807, 2.05) is 7.05 Å². The van der Waals surface area contributed by atoms with Crippen molar-refractivity contribution in [2.45, 2.75) is 45.6 Å². The summed E-state index contributed by atoms with van der Waals surface area (Å²) in [4.78, 5) is 1.19. The molecule has 0 amide bonds. The largest absolute Gasteiger partial charge is 0.379 e. The van der Waals surface area contributed by atoms with E-state index in [4.69, 9.17) is 4.74 Å². The Morgan fingerprint density at radius 1 is 1.41 bits per heavy atom. The van der Waals surface area contributed by atoms with Crippen LogP contribution in [0.5, 0.6) is 0 Å². The summed E-state index contributed by atoms with van der Waals surface area (Å²) < 4.78 is 9.70. The second-order valence-corrected chi connectivity index (χ2v) is 5.94. The lowest BCUT2D eigenvalue weighted by Crippen LogP contribution is -2.25. The van der Waals surface area contributed by atoms with Gasteiger partial charge in [-0.1, -0.05) is 32.2 Å². The van der Waals surface area contributed by atoms with Crippen LogP contribution in [0.25, 0.3) is 0 Å². The summed E-state index contributed by atoms with van der Waals surface area (Å²) >= 11 is 1.46. The van der Waals surface area contributed by atoms with Gasteiger partial charge in [-0.2, -0.15) is 0 Å². The van der Waals surface area contributed by atoms with Gasteiger partial charge in [-0.25, -0.2) is 0 Å². The molecular formula is C12H23N3OS. The van der Waals surface area contributed by atoms with Crippen molar-refractivity contribution in [1.82, 2.24) is 14.9 Å². The summed E-state index contributed by atoms with van der Waals surface area (Å²) in [7, 11) is 1.95. The number of likely N-dealkylation sites (N-methyl/N-ethyl adjacent to an activating group) is 1. The van der Waals surface area contributed by atoms with E-state index in [0.29, 0.717) is 6.61 Å². The van der Waals surface area contributed by atoms with E-state index in [2.05, 4.69) is 42.6 Å². The Bertz CT molecular complexity index is 333. The molecule has 0 radical (unpaired) electrons. The third-order valence-corrected chi connectivity index (χ3v) is 3.36. The van der Waals surface area contributed by atoms with Crippen LogP contribution in [0.3, 0.4) is 0 Å². The van der Waals surface area contributed by atoms with Crippen LogP contribution in [-0.4, -0.2) is 29.8 Å². The molecule has 0 fully saturated rings. The minimum atomic E-state index is 0.0300. The van der Waals surface area contributed by atoms with Gasteiger partial charge in [0.2, 0.25) is 0 Å². The average molecular weight is 257 g/mol. The monoisotopic (exact) mass is 257 g/mol. The Morgan fingerprint density at radius 3 is 2.65 bits per heavy atom. The molecule has 1 rings (SSSR count). The molecule has 0 saturated carbocycles. The van der Waals surface area contributed by atoms with Crippen molar-refractivity contribution in [1.29, 1.82) is 0 Å². The summed E-state index contributed by atoms with van der Waals surface area (Å²) in [6, 6.07) is 0.191. The maximum atomic E-state index is 5.62. The highest BCUT2D eigenvalue weighted by molar-refractivity contribution is 7.05. The molecule has 1 heterocycles. The van der Waals surface area contributed by atoms with Crippen molar-refractivity contribution in [3.8, 4) is 0 Å². The van der Waals surface area contributed by atoms with Crippen molar-refractivity contribution in [2.24, 2.45) is 0 Å². The van der Waals surface area contributed by atoms with Crippen molar-refractivity contribution in [3.05, 3.63) is 10.6 Å². The van der Waals surface area contributed by atoms with E-state index in [9.17, 15) is 0 Å². The smallest absolute Gasteiger partial charge is 0.0857 e. The first kappa shape index (κ1) is 14.5. The van der Waals surface area contributed by atoms with Gasteiger partial charge in [0.1, 0.15) is 0 Å². The lowest BCUT2D eigenvalue weighted by Gasteiger charge is -2.21. The van der Waals surface area contributed by atoms with Crippen LogP contribution < -0.4 is 5.32 Å². The number of hydrogen-bond acceptors (Lipinski definition) is 5. The molecule has 0 saturated heterocycles. The molecule has 0 aliphatic rings. The van der Waals surface area contributed by atoms with Crippen LogP contribution in [0.4, 0.5) is 0 Å². The van der Waals surface area contributed by atoms with Crippen molar-refractivity contribution in [2.75, 3.05) is 20.3 Å². The van der Waals surface area contributed by atoms with Crippen LogP contribution in [0.15, 0.2) is 0 Å². The van der Waals surface area contributed by atoms with Crippen molar-refractivity contribution in [3.63, 3.8) is 0 Å². The van der Waals surface area contributed by atoms with Gasteiger partial charge in [0.15, 0.2) is 0 Å². The lowest BCUT2D eigenvalue weighted by molar-refractivity contribution is 0.114. The molecule has 1 unspecified atom stereocenters. The predicted octanol–water partition coefficient (Wildman–Crippen LogP) is 2.52. The van der Waals surface area contributed by atoms with E-state index >= 15 is 0 Å². The highest BCUT2D eigenvalue weighted by atomic mass is 32.1. The molecule has 0 bridgehead atoms. The van der Waals surface area contributed by atoms with Crippen LogP contribution in [0, 0.1) is 0 Å². The zero-order valence-electron chi connectivity index (χ0n) is 11.4. The molecule has 98 valence electrons. The number of nitrogens with zero attached hydrogens (tertiary/aromatic N) is 2. The summed E-state index contributed by atoms with van der Waals surface area (Å²) in [6.07, 6.45) is 1.05. The van der Waals surface area contributed by atoms with Crippen LogP contribution in [-0.2, 0) is 10.2 Å². The highest BCUT2D eigenvalue weighted by Crippen LogP contribution is 2.30. The molecule has 1 atom stereocenters. The second-order valence-electron chi connectivity index (χ2n) is 5.15. The van der Waals surface area contributed by atoms with Gasteiger partial charge in [-0.15, -0.1) is 5.10 Å². The molecular weight excluding hydrogens is 234 g/mol. The Hall–Kier alpha value is -0.520. The number of ether oxygens (including phenoxy) is 1. The zero-order chi connectivity index (χ0) is 12.9. The van der Waals surface area contributed by atoms with Gasteiger partial charge in [0.05, 0.1) is 23.2 Å². The number of aromatic nitrogens is 2. The van der Waals surface area contributed by atoms with Gasteiger partial charge in [0, 0.05) is 12.0 Å². The maximum Gasteiger partial charge on any atom is 0.0857 e. The summed E-state index contributed by atoms with van der Waals surface area (Å²) in [5.74, 6) is 0. The Morgan fingerprint density at radius 2 is 2.12 bits per heavy atom. The molecule has 1 aromatic heterocycles. The molecule has 0 aliphatic carbocycles. The molecule has 0 aromatic carbocycles. The maximum absolute atomic E-state index is 5.62. The van der Waals surface area contributed by atoms with E-state index in [-0.39, 0.29) is 11.5 Å². The average Bonchev–Trinajstić information content (AvgIpc) is 2.73. The highest BCUT2D eigenvalue weighted by Gasteiger charge is 2.26. The van der Waals surface area contributed by atoms with Crippen LogP contribution in [0.1, 0.15) is 50.7 Å². The van der Waals surface area contributed by atoms with E-state index in [1.165, 1.54) is 16.4 Å². The predicted molar refractivity (Wildman–Crippen MR) is 71.5 cm³/mol. The van der Waals surface area contributed by atoms with Crippen molar-refractivity contribution < 1.29 is 4.74 Å².